The van der Waals surface area contributed by atoms with Gasteiger partial charge in [0.05, 0.1) is 16.5 Å². The Labute approximate surface area is 167 Å². The summed E-state index contributed by atoms with van der Waals surface area (Å²) in [6.45, 7) is 0. The fourth-order valence-electron chi connectivity index (χ4n) is 3.32. The average Bonchev–Trinajstić information content (AvgIpc) is 2.72. The Bertz CT molecular complexity index is 1040. The molecule has 0 radical (unpaired) electrons. The predicted molar refractivity (Wildman–Crippen MR) is 108 cm³/mol. The molecule has 3 aromatic carbocycles. The number of anilines is 1. The minimum Gasteiger partial charge on any atom is -0.457 e. The lowest BCUT2D eigenvalue weighted by molar-refractivity contribution is -0.116. The summed E-state index contributed by atoms with van der Waals surface area (Å²) in [7, 11) is 1.53. The number of fused-ring (bicyclic) bond motifs is 2. The Morgan fingerprint density at radius 2 is 1.54 bits per heavy atom. The number of carbonyl (C=O) groups is 2. The van der Waals surface area contributed by atoms with Gasteiger partial charge in [0.15, 0.2) is 0 Å². The fourth-order valence-corrected chi connectivity index (χ4v) is 3.52. The summed E-state index contributed by atoms with van der Waals surface area (Å²) >= 11 is 6.10. The van der Waals surface area contributed by atoms with Gasteiger partial charge in [0, 0.05) is 23.9 Å². The van der Waals surface area contributed by atoms with Gasteiger partial charge in [-0.15, -0.1) is 0 Å². The molecule has 2 N–H and O–H groups in total. The van der Waals surface area contributed by atoms with Crippen molar-refractivity contribution in [2.24, 2.45) is 0 Å². The topological polar surface area (TPSA) is 67.4 Å². The van der Waals surface area contributed by atoms with E-state index in [1.807, 2.05) is 48.5 Å². The zero-order chi connectivity index (χ0) is 19.7. The highest BCUT2D eigenvalue weighted by Crippen LogP contribution is 2.44. The van der Waals surface area contributed by atoms with E-state index in [0.29, 0.717) is 27.8 Å². The summed E-state index contributed by atoms with van der Waals surface area (Å²) in [5, 5.41) is 5.76. The van der Waals surface area contributed by atoms with Crippen LogP contribution >= 0.6 is 11.6 Å². The zero-order valence-corrected chi connectivity index (χ0v) is 15.8. The third-order valence-electron chi connectivity index (χ3n) is 4.65. The maximum atomic E-state index is 13.2. The molecule has 1 aliphatic rings. The first-order valence-corrected chi connectivity index (χ1v) is 9.14. The predicted octanol–water partition coefficient (Wildman–Crippen LogP) is 4.58. The van der Waals surface area contributed by atoms with E-state index in [1.54, 1.807) is 18.2 Å². The van der Waals surface area contributed by atoms with Gasteiger partial charge in [-0.1, -0.05) is 48.0 Å². The SMILES string of the molecule is CNC(=O)c1cc(NC(=O)C2c3ccccc3Oc3ccccc32)ccc1Cl. The normalized spacial score (nSPS) is 12.4. The number of benzene rings is 3. The van der Waals surface area contributed by atoms with Crippen molar-refractivity contribution in [3.05, 3.63) is 88.4 Å². The Hall–Kier alpha value is -3.31. The molecule has 140 valence electrons. The monoisotopic (exact) mass is 392 g/mol. The number of rotatable bonds is 3. The standard InChI is InChI=1S/C22H17ClN2O3/c1-24-21(26)16-12-13(10-11-17(16)23)25-22(27)20-14-6-2-4-8-18(14)28-19-9-5-3-7-15(19)20/h2-12,20H,1H3,(H,24,26)(H,25,27). The summed E-state index contributed by atoms with van der Waals surface area (Å²) in [6.07, 6.45) is 0. The third kappa shape index (κ3) is 3.21. The van der Waals surface area contributed by atoms with Gasteiger partial charge < -0.3 is 15.4 Å². The van der Waals surface area contributed by atoms with Crippen molar-refractivity contribution in [3.63, 3.8) is 0 Å². The lowest BCUT2D eigenvalue weighted by Gasteiger charge is -2.27. The van der Waals surface area contributed by atoms with Crippen LogP contribution in [-0.4, -0.2) is 18.9 Å². The van der Waals surface area contributed by atoms with Gasteiger partial charge in [-0.3, -0.25) is 9.59 Å². The van der Waals surface area contributed by atoms with Crippen molar-refractivity contribution in [2.45, 2.75) is 5.92 Å². The molecular formula is C22H17ClN2O3. The van der Waals surface area contributed by atoms with E-state index in [0.717, 1.165) is 11.1 Å². The Morgan fingerprint density at radius 3 is 2.14 bits per heavy atom. The molecule has 0 bridgehead atoms. The van der Waals surface area contributed by atoms with Crippen LogP contribution in [0.15, 0.2) is 66.7 Å². The lowest BCUT2D eigenvalue weighted by Crippen LogP contribution is -2.25. The molecule has 1 aliphatic heterocycles. The van der Waals surface area contributed by atoms with E-state index < -0.39 is 5.92 Å². The molecule has 0 aromatic heterocycles. The molecule has 3 aromatic rings. The molecule has 0 saturated carbocycles. The van der Waals surface area contributed by atoms with Gasteiger partial charge in [0.1, 0.15) is 11.5 Å². The highest BCUT2D eigenvalue weighted by molar-refractivity contribution is 6.34. The van der Waals surface area contributed by atoms with Crippen LogP contribution < -0.4 is 15.4 Å². The van der Waals surface area contributed by atoms with E-state index in [9.17, 15) is 9.59 Å². The minimum absolute atomic E-state index is 0.214. The molecule has 0 spiro atoms. The van der Waals surface area contributed by atoms with Crippen LogP contribution in [-0.2, 0) is 4.79 Å². The molecule has 0 fully saturated rings. The van der Waals surface area contributed by atoms with Crippen LogP contribution in [0.1, 0.15) is 27.4 Å². The van der Waals surface area contributed by atoms with Crippen LogP contribution in [0.2, 0.25) is 5.02 Å². The van der Waals surface area contributed by atoms with Gasteiger partial charge in [0.25, 0.3) is 5.91 Å². The molecule has 2 amide bonds. The Kier molecular flexibility index (Phi) is 4.75. The summed E-state index contributed by atoms with van der Waals surface area (Å²) < 4.78 is 5.94. The average molecular weight is 393 g/mol. The first-order chi connectivity index (χ1) is 13.6. The molecule has 0 aliphatic carbocycles. The van der Waals surface area contributed by atoms with Crippen LogP contribution in [0.25, 0.3) is 0 Å². The smallest absolute Gasteiger partial charge is 0.252 e. The molecule has 4 rings (SSSR count). The molecular weight excluding hydrogens is 376 g/mol. The van der Waals surface area contributed by atoms with Gasteiger partial charge in [-0.25, -0.2) is 0 Å². The van der Waals surface area contributed by atoms with Crippen molar-refractivity contribution < 1.29 is 14.3 Å². The quantitative estimate of drug-likeness (QED) is 0.685. The molecule has 1 heterocycles. The first-order valence-electron chi connectivity index (χ1n) is 8.76. The van der Waals surface area contributed by atoms with Crippen molar-refractivity contribution in [3.8, 4) is 11.5 Å². The molecule has 6 heteroatoms. The minimum atomic E-state index is -0.528. The van der Waals surface area contributed by atoms with Crippen molar-refractivity contribution in [2.75, 3.05) is 12.4 Å². The number of nitrogens with one attached hydrogen (secondary N) is 2. The van der Waals surface area contributed by atoms with Gasteiger partial charge in [0.2, 0.25) is 5.91 Å². The van der Waals surface area contributed by atoms with E-state index in [2.05, 4.69) is 10.6 Å². The Balaban J connectivity index is 1.71. The highest BCUT2D eigenvalue weighted by Gasteiger charge is 2.32. The number of halogens is 1. The number of para-hydroxylation sites is 2. The zero-order valence-electron chi connectivity index (χ0n) is 15.0. The number of ether oxygens (including phenoxy) is 1. The Morgan fingerprint density at radius 1 is 0.929 bits per heavy atom. The van der Waals surface area contributed by atoms with Gasteiger partial charge in [-0.2, -0.15) is 0 Å². The van der Waals surface area contributed by atoms with Crippen LogP contribution in [0.5, 0.6) is 11.5 Å². The van der Waals surface area contributed by atoms with Gasteiger partial charge in [-0.05, 0) is 30.3 Å². The lowest BCUT2D eigenvalue weighted by atomic mass is 9.87. The van der Waals surface area contributed by atoms with Crippen molar-refractivity contribution in [1.82, 2.24) is 5.32 Å². The molecule has 28 heavy (non-hydrogen) atoms. The third-order valence-corrected chi connectivity index (χ3v) is 4.98. The molecule has 5 nitrogen and oxygen atoms in total. The number of carbonyl (C=O) groups excluding carboxylic acids is 2. The number of amides is 2. The highest BCUT2D eigenvalue weighted by atomic mass is 35.5. The van der Waals surface area contributed by atoms with Gasteiger partial charge >= 0.3 is 0 Å². The molecule has 0 atom stereocenters. The van der Waals surface area contributed by atoms with Crippen LogP contribution in [0.4, 0.5) is 5.69 Å². The summed E-state index contributed by atoms with van der Waals surface area (Å²) in [4.78, 5) is 25.2. The largest absolute Gasteiger partial charge is 0.457 e. The first kappa shape index (κ1) is 18.1. The molecule has 0 unspecified atom stereocenters. The van der Waals surface area contributed by atoms with E-state index in [4.69, 9.17) is 16.3 Å². The summed E-state index contributed by atoms with van der Waals surface area (Å²) in [5.41, 5.74) is 2.38. The van der Waals surface area contributed by atoms with Crippen molar-refractivity contribution in [1.29, 1.82) is 0 Å². The van der Waals surface area contributed by atoms with E-state index in [-0.39, 0.29) is 11.8 Å². The maximum absolute atomic E-state index is 13.2. The van der Waals surface area contributed by atoms with Crippen LogP contribution in [0, 0.1) is 0 Å². The van der Waals surface area contributed by atoms with Crippen molar-refractivity contribution >= 4 is 29.1 Å². The van der Waals surface area contributed by atoms with E-state index >= 15 is 0 Å². The van der Waals surface area contributed by atoms with E-state index in [1.165, 1.54) is 7.05 Å². The number of hydrogen-bond donors (Lipinski definition) is 2. The maximum Gasteiger partial charge on any atom is 0.252 e. The fraction of sp³-hybridized carbons (Fsp3) is 0.0909. The second-order valence-corrected chi connectivity index (χ2v) is 6.78. The summed E-state index contributed by atoms with van der Waals surface area (Å²) in [5.74, 6) is 0.253. The second-order valence-electron chi connectivity index (χ2n) is 6.37. The summed E-state index contributed by atoms with van der Waals surface area (Å²) in [6, 6.07) is 19.8. The molecule has 0 saturated heterocycles. The number of hydrogen-bond acceptors (Lipinski definition) is 3. The second kappa shape index (κ2) is 7.37. The van der Waals surface area contributed by atoms with Crippen LogP contribution in [0.3, 0.4) is 0 Å².